The second kappa shape index (κ2) is 6.23. The zero-order valence-electron chi connectivity index (χ0n) is 13.4. The van der Waals surface area contributed by atoms with E-state index < -0.39 is 0 Å². The number of ketones is 1. The van der Waals surface area contributed by atoms with Gasteiger partial charge in [-0.05, 0) is 24.5 Å². The van der Waals surface area contributed by atoms with Crippen molar-refractivity contribution in [2.45, 2.75) is 32.2 Å². The number of Topliss-reactive ketones (excluding diaryl/α,β-unsaturated/α-hetero) is 1. The van der Waals surface area contributed by atoms with Crippen LogP contribution in [-0.2, 0) is 11.2 Å². The van der Waals surface area contributed by atoms with Crippen LogP contribution in [0.1, 0.15) is 37.1 Å². The molecule has 1 saturated heterocycles. The zero-order valence-corrected chi connectivity index (χ0v) is 13.4. The van der Waals surface area contributed by atoms with Crippen molar-refractivity contribution in [3.8, 4) is 0 Å². The maximum atomic E-state index is 12.4. The first-order valence-electron chi connectivity index (χ1n) is 8.21. The van der Waals surface area contributed by atoms with Gasteiger partial charge in [-0.1, -0.05) is 25.1 Å². The summed E-state index contributed by atoms with van der Waals surface area (Å²) in [6.07, 6.45) is 2.16. The second-order valence-electron chi connectivity index (χ2n) is 6.42. The van der Waals surface area contributed by atoms with Crippen LogP contribution in [0.3, 0.4) is 0 Å². The number of H-pyrrole nitrogens is 1. The van der Waals surface area contributed by atoms with Crippen molar-refractivity contribution in [2.24, 2.45) is 5.92 Å². The minimum absolute atomic E-state index is 0.131. The first-order chi connectivity index (χ1) is 10.7. The number of aromatic amines is 1. The molecular formula is C18H25N2O2+. The average Bonchev–Trinajstić information content (AvgIpc) is 2.88. The fraction of sp³-hybridized carbons (Fsp3) is 0.500. The summed E-state index contributed by atoms with van der Waals surface area (Å²) in [5.74, 6) is 0.577. The largest absolute Gasteiger partial charge is 0.396 e. The summed E-state index contributed by atoms with van der Waals surface area (Å²) in [7, 11) is 2.17. The number of fused-ring (bicyclic) bond motifs is 1. The van der Waals surface area contributed by atoms with E-state index in [1.807, 2.05) is 12.1 Å². The first kappa shape index (κ1) is 15.3. The van der Waals surface area contributed by atoms with Crippen molar-refractivity contribution in [1.29, 1.82) is 0 Å². The average molecular weight is 301 g/mol. The molecule has 1 aliphatic heterocycles. The number of quaternary nitrogens is 1. The molecule has 3 N–H and O–H groups in total. The molecule has 0 radical (unpaired) electrons. The van der Waals surface area contributed by atoms with Crippen LogP contribution in [0, 0.1) is 5.92 Å². The smallest absolute Gasteiger partial charge is 0.147 e. The van der Waals surface area contributed by atoms with Crippen LogP contribution in [0.5, 0.6) is 0 Å². The quantitative estimate of drug-likeness (QED) is 0.796. The number of carbonyl (C=O) groups is 1. The Morgan fingerprint density at radius 2 is 2.14 bits per heavy atom. The van der Waals surface area contributed by atoms with E-state index in [-0.39, 0.29) is 18.6 Å². The van der Waals surface area contributed by atoms with Gasteiger partial charge in [0.25, 0.3) is 0 Å². The van der Waals surface area contributed by atoms with Gasteiger partial charge in [0, 0.05) is 17.5 Å². The Balaban J connectivity index is 2.02. The van der Waals surface area contributed by atoms with E-state index >= 15 is 0 Å². The number of carbonyl (C=O) groups excluding carboxylic acids is 1. The lowest BCUT2D eigenvalue weighted by molar-refractivity contribution is -0.917. The Labute approximate surface area is 131 Å². The highest BCUT2D eigenvalue weighted by atomic mass is 16.3. The molecule has 1 unspecified atom stereocenters. The van der Waals surface area contributed by atoms with E-state index in [4.69, 9.17) is 0 Å². The van der Waals surface area contributed by atoms with Gasteiger partial charge in [-0.25, -0.2) is 0 Å². The van der Waals surface area contributed by atoms with Crippen molar-refractivity contribution >= 4 is 16.7 Å². The zero-order chi connectivity index (χ0) is 15.7. The lowest BCUT2D eigenvalue weighted by Gasteiger charge is -2.33. The molecule has 0 bridgehead atoms. The van der Waals surface area contributed by atoms with Gasteiger partial charge in [-0.3, -0.25) is 4.79 Å². The number of nitrogens with one attached hydrogen (secondary N) is 2. The summed E-state index contributed by atoms with van der Waals surface area (Å²) in [4.78, 5) is 17.3. The van der Waals surface area contributed by atoms with Gasteiger partial charge >= 0.3 is 0 Å². The number of likely N-dealkylation sites (tertiary alicyclic amines) is 1. The fourth-order valence-corrected chi connectivity index (χ4v) is 3.81. The third-order valence-electron chi connectivity index (χ3n) is 5.07. The number of hydrogen-bond donors (Lipinski definition) is 3. The van der Waals surface area contributed by atoms with Crippen LogP contribution in [-0.4, -0.2) is 36.1 Å². The summed E-state index contributed by atoms with van der Waals surface area (Å²) < 4.78 is 0. The molecule has 3 rings (SSSR count). The van der Waals surface area contributed by atoms with Gasteiger partial charge < -0.3 is 15.0 Å². The minimum Gasteiger partial charge on any atom is -0.396 e. The van der Waals surface area contributed by atoms with E-state index in [9.17, 15) is 9.90 Å². The number of aromatic nitrogens is 1. The Morgan fingerprint density at radius 3 is 2.86 bits per heavy atom. The number of benzene rings is 1. The Kier molecular flexibility index (Phi) is 4.32. The topological polar surface area (TPSA) is 57.5 Å². The summed E-state index contributed by atoms with van der Waals surface area (Å²) in [6, 6.07) is 8.37. The first-order valence-corrected chi connectivity index (χ1v) is 8.21. The minimum atomic E-state index is 0.131. The Hall–Kier alpha value is -1.65. The van der Waals surface area contributed by atoms with Gasteiger partial charge in [0.15, 0.2) is 0 Å². The monoisotopic (exact) mass is 301 g/mol. The third kappa shape index (κ3) is 2.57. The predicted octanol–water partition coefficient (Wildman–Crippen LogP) is 1.26. The number of aliphatic hydroxyl groups is 1. The van der Waals surface area contributed by atoms with E-state index in [1.54, 1.807) is 0 Å². The lowest BCUT2D eigenvalue weighted by atomic mass is 9.87. The molecule has 1 aromatic heterocycles. The number of para-hydroxylation sites is 1. The maximum absolute atomic E-state index is 12.4. The van der Waals surface area contributed by atoms with Crippen molar-refractivity contribution < 1.29 is 14.8 Å². The third-order valence-corrected chi connectivity index (χ3v) is 5.07. The summed E-state index contributed by atoms with van der Waals surface area (Å²) in [6.45, 7) is 3.12. The van der Waals surface area contributed by atoms with E-state index in [1.165, 1.54) is 15.8 Å². The predicted molar refractivity (Wildman–Crippen MR) is 87.0 cm³/mol. The van der Waals surface area contributed by atoms with Gasteiger partial charge in [0.1, 0.15) is 11.8 Å². The number of aliphatic hydroxyl groups excluding tert-OH is 1. The highest BCUT2D eigenvalue weighted by Crippen LogP contribution is 2.29. The SMILES string of the molecule is CC[C@H]1C[NH+](C)[C@H](c2[nH]c3ccccc3c2CCO)CC1=O. The van der Waals surface area contributed by atoms with Crippen LogP contribution in [0.2, 0.25) is 0 Å². The highest BCUT2D eigenvalue weighted by molar-refractivity contribution is 5.86. The number of rotatable bonds is 4. The molecule has 1 aliphatic rings. The lowest BCUT2D eigenvalue weighted by Crippen LogP contribution is -3.11. The summed E-state index contributed by atoms with van der Waals surface area (Å²) in [5.41, 5.74) is 3.40. The van der Waals surface area contributed by atoms with Crippen molar-refractivity contribution in [3.63, 3.8) is 0 Å². The normalized spacial score (nSPS) is 25.8. The van der Waals surface area contributed by atoms with Crippen LogP contribution in [0.15, 0.2) is 24.3 Å². The van der Waals surface area contributed by atoms with Crippen LogP contribution >= 0.6 is 0 Å². The molecule has 1 fully saturated rings. The molecule has 2 aromatic rings. The van der Waals surface area contributed by atoms with E-state index in [0.29, 0.717) is 18.6 Å². The van der Waals surface area contributed by atoms with Gasteiger partial charge in [-0.15, -0.1) is 0 Å². The molecule has 3 atom stereocenters. The fourth-order valence-electron chi connectivity index (χ4n) is 3.81. The van der Waals surface area contributed by atoms with Crippen LogP contribution in [0.4, 0.5) is 0 Å². The molecule has 118 valence electrons. The molecule has 4 heteroatoms. The Morgan fingerprint density at radius 1 is 1.36 bits per heavy atom. The number of hydrogen-bond acceptors (Lipinski definition) is 2. The van der Waals surface area contributed by atoms with Crippen molar-refractivity contribution in [1.82, 2.24) is 4.98 Å². The van der Waals surface area contributed by atoms with Crippen LogP contribution < -0.4 is 4.90 Å². The molecule has 4 nitrogen and oxygen atoms in total. The molecular weight excluding hydrogens is 276 g/mol. The van der Waals surface area contributed by atoms with Gasteiger partial charge in [0.05, 0.1) is 31.6 Å². The molecule has 22 heavy (non-hydrogen) atoms. The summed E-state index contributed by atoms with van der Waals surface area (Å²) in [5, 5.41) is 10.6. The molecule has 0 amide bonds. The molecule has 0 spiro atoms. The van der Waals surface area contributed by atoms with Crippen molar-refractivity contribution in [3.05, 3.63) is 35.5 Å². The van der Waals surface area contributed by atoms with Gasteiger partial charge in [0.2, 0.25) is 0 Å². The Bertz CT molecular complexity index is 677. The van der Waals surface area contributed by atoms with Crippen molar-refractivity contribution in [2.75, 3.05) is 20.2 Å². The van der Waals surface area contributed by atoms with Crippen LogP contribution in [0.25, 0.3) is 10.9 Å². The van der Waals surface area contributed by atoms with E-state index in [2.05, 4.69) is 31.1 Å². The standard InChI is InChI=1S/C18H24N2O2/c1-3-12-11-20(2)16(10-17(12)22)18-14(8-9-21)13-6-4-5-7-15(13)19-18/h4-7,12,16,19,21H,3,8-11H2,1-2H3/p+1/t12-,16-/m0/s1. The maximum Gasteiger partial charge on any atom is 0.147 e. The molecule has 0 aliphatic carbocycles. The van der Waals surface area contributed by atoms with Gasteiger partial charge in [-0.2, -0.15) is 0 Å². The summed E-state index contributed by atoms with van der Waals surface area (Å²) >= 11 is 0. The second-order valence-corrected chi connectivity index (χ2v) is 6.42. The number of piperidine rings is 1. The molecule has 2 heterocycles. The van der Waals surface area contributed by atoms with E-state index in [0.717, 1.165) is 24.2 Å². The molecule has 0 saturated carbocycles. The molecule has 1 aromatic carbocycles. The highest BCUT2D eigenvalue weighted by Gasteiger charge is 2.37.